The van der Waals surface area contributed by atoms with E-state index in [4.69, 9.17) is 5.11 Å². The zero-order chi connectivity index (χ0) is 16.2. The predicted molar refractivity (Wildman–Crippen MR) is 88.5 cm³/mol. The molecular weight excluding hydrogens is 294 g/mol. The summed E-state index contributed by atoms with van der Waals surface area (Å²) < 4.78 is 0. The van der Waals surface area contributed by atoms with E-state index in [-0.39, 0.29) is 19.1 Å². The minimum atomic E-state index is 0.00445. The highest BCUT2D eigenvalue weighted by atomic mass is 16.3. The number of nitrogens with zero attached hydrogens (tertiary/aromatic N) is 4. The first-order chi connectivity index (χ1) is 11.2. The minimum Gasteiger partial charge on any atom is -0.395 e. The van der Waals surface area contributed by atoms with E-state index in [1.54, 1.807) is 4.90 Å². The van der Waals surface area contributed by atoms with Crippen LogP contribution in [-0.4, -0.2) is 47.7 Å². The van der Waals surface area contributed by atoms with E-state index in [9.17, 15) is 4.79 Å². The molecule has 1 aromatic heterocycles. The number of para-hydroxylation sites is 1. The fraction of sp³-hybridized carbons (Fsp3) is 0.312. The highest BCUT2D eigenvalue weighted by molar-refractivity contribution is 5.97. The molecular formula is C16H19N5O2. The van der Waals surface area contributed by atoms with Crippen molar-refractivity contribution in [3.05, 3.63) is 42.2 Å². The second-order valence-corrected chi connectivity index (χ2v) is 5.35. The molecule has 0 aliphatic carbocycles. The summed E-state index contributed by atoms with van der Waals surface area (Å²) in [5.41, 5.74) is 1.69. The number of benzene rings is 1. The number of carbonyl (C=O) groups excluding carboxylic acids is 1. The van der Waals surface area contributed by atoms with Gasteiger partial charge in [0, 0.05) is 19.3 Å². The molecule has 0 bridgehead atoms. The van der Waals surface area contributed by atoms with Crippen molar-refractivity contribution in [2.24, 2.45) is 0 Å². The zero-order valence-corrected chi connectivity index (χ0v) is 12.9. The maximum atomic E-state index is 12.6. The second-order valence-electron chi connectivity index (χ2n) is 5.35. The maximum absolute atomic E-state index is 12.6. The summed E-state index contributed by atoms with van der Waals surface area (Å²) >= 11 is 0. The summed E-state index contributed by atoms with van der Waals surface area (Å²) in [6.07, 6.45) is 1.47. The summed E-state index contributed by atoms with van der Waals surface area (Å²) in [6, 6.07) is 9.55. The van der Waals surface area contributed by atoms with Gasteiger partial charge in [-0.2, -0.15) is 0 Å². The lowest BCUT2D eigenvalue weighted by Crippen LogP contribution is -2.35. The lowest BCUT2D eigenvalue weighted by molar-refractivity contribution is -0.117. The van der Waals surface area contributed by atoms with Crippen molar-refractivity contribution >= 4 is 23.2 Å². The molecule has 1 aromatic carbocycles. The Morgan fingerprint density at radius 1 is 1.22 bits per heavy atom. The van der Waals surface area contributed by atoms with E-state index >= 15 is 0 Å². The van der Waals surface area contributed by atoms with Gasteiger partial charge in [0.15, 0.2) is 0 Å². The van der Waals surface area contributed by atoms with E-state index in [2.05, 4.69) is 15.3 Å². The van der Waals surface area contributed by atoms with Crippen molar-refractivity contribution in [2.45, 2.75) is 6.54 Å². The van der Waals surface area contributed by atoms with Crippen LogP contribution in [0.3, 0.4) is 0 Å². The van der Waals surface area contributed by atoms with Crippen LogP contribution in [0.2, 0.25) is 0 Å². The largest absolute Gasteiger partial charge is 0.395 e. The average Bonchev–Trinajstić information content (AvgIpc) is 2.70. The summed E-state index contributed by atoms with van der Waals surface area (Å²) in [6.45, 7) is 1.04. The second kappa shape index (κ2) is 6.62. The molecule has 0 unspecified atom stereocenters. The van der Waals surface area contributed by atoms with Crippen LogP contribution in [-0.2, 0) is 11.3 Å². The number of rotatable bonds is 4. The number of hydrogen-bond acceptors (Lipinski definition) is 6. The maximum Gasteiger partial charge on any atom is 0.246 e. The van der Waals surface area contributed by atoms with Crippen LogP contribution in [0.15, 0.2) is 36.7 Å². The Hall–Kier alpha value is -2.67. The SMILES string of the molecule is CN1CC(=O)N(c2ccccc2)Cc2c(NCCO)ncnc21. The number of nitrogens with one attached hydrogen (secondary N) is 1. The van der Waals surface area contributed by atoms with Gasteiger partial charge < -0.3 is 20.2 Å². The number of aliphatic hydroxyl groups is 1. The van der Waals surface area contributed by atoms with Crippen LogP contribution in [0.4, 0.5) is 17.3 Å². The van der Waals surface area contributed by atoms with Gasteiger partial charge in [-0.25, -0.2) is 9.97 Å². The molecule has 3 rings (SSSR count). The lowest BCUT2D eigenvalue weighted by Gasteiger charge is -2.21. The number of fused-ring (bicyclic) bond motifs is 1. The number of carbonyl (C=O) groups is 1. The third-order valence-corrected chi connectivity index (χ3v) is 3.75. The molecule has 0 saturated carbocycles. The Labute approximate surface area is 134 Å². The van der Waals surface area contributed by atoms with Crippen LogP contribution in [0.1, 0.15) is 5.56 Å². The molecule has 0 fully saturated rings. The zero-order valence-electron chi connectivity index (χ0n) is 12.9. The molecule has 1 aliphatic heterocycles. The first kappa shape index (κ1) is 15.2. The average molecular weight is 313 g/mol. The molecule has 1 aliphatic rings. The Morgan fingerprint density at radius 2 is 2.00 bits per heavy atom. The topological polar surface area (TPSA) is 81.6 Å². The Bertz CT molecular complexity index is 692. The lowest BCUT2D eigenvalue weighted by atomic mass is 10.2. The summed E-state index contributed by atoms with van der Waals surface area (Å²) in [5.74, 6) is 1.38. The van der Waals surface area contributed by atoms with Gasteiger partial charge >= 0.3 is 0 Å². The molecule has 0 saturated heterocycles. The van der Waals surface area contributed by atoms with Crippen molar-refractivity contribution in [1.82, 2.24) is 9.97 Å². The van der Waals surface area contributed by atoms with Crippen LogP contribution in [0, 0.1) is 0 Å². The van der Waals surface area contributed by atoms with Crippen molar-refractivity contribution < 1.29 is 9.90 Å². The summed E-state index contributed by atoms with van der Waals surface area (Å²) in [5, 5.41) is 12.1. The number of amides is 1. The highest BCUT2D eigenvalue weighted by Gasteiger charge is 2.27. The van der Waals surface area contributed by atoms with E-state index in [0.717, 1.165) is 17.1 Å². The third-order valence-electron chi connectivity index (χ3n) is 3.75. The molecule has 120 valence electrons. The predicted octanol–water partition coefficient (Wildman–Crippen LogP) is 0.864. The fourth-order valence-electron chi connectivity index (χ4n) is 2.66. The number of likely N-dealkylation sites (N-methyl/N-ethyl adjacent to an activating group) is 1. The smallest absolute Gasteiger partial charge is 0.246 e. The molecule has 0 radical (unpaired) electrons. The highest BCUT2D eigenvalue weighted by Crippen LogP contribution is 2.29. The van der Waals surface area contributed by atoms with Crippen molar-refractivity contribution in [3.8, 4) is 0 Å². The molecule has 7 nitrogen and oxygen atoms in total. The molecule has 23 heavy (non-hydrogen) atoms. The Kier molecular flexibility index (Phi) is 4.38. The number of anilines is 3. The Morgan fingerprint density at radius 3 is 2.74 bits per heavy atom. The molecule has 1 amide bonds. The first-order valence-electron chi connectivity index (χ1n) is 7.46. The van der Waals surface area contributed by atoms with Crippen LogP contribution in [0.25, 0.3) is 0 Å². The van der Waals surface area contributed by atoms with E-state index in [1.807, 2.05) is 42.3 Å². The van der Waals surface area contributed by atoms with Crippen LogP contribution < -0.4 is 15.1 Å². The van der Waals surface area contributed by atoms with Crippen LogP contribution in [0.5, 0.6) is 0 Å². The molecule has 2 aromatic rings. The van der Waals surface area contributed by atoms with Gasteiger partial charge in [-0.05, 0) is 12.1 Å². The standard InChI is InChI=1S/C16H19N5O2/c1-20-10-14(23)21(12-5-3-2-4-6-12)9-13-15(17-7-8-22)18-11-19-16(13)20/h2-6,11,22H,7-10H2,1H3,(H,17,18,19). The molecule has 7 heteroatoms. The first-order valence-corrected chi connectivity index (χ1v) is 7.46. The quantitative estimate of drug-likeness (QED) is 0.871. The van der Waals surface area contributed by atoms with Crippen molar-refractivity contribution in [3.63, 3.8) is 0 Å². The van der Waals surface area contributed by atoms with Gasteiger partial charge in [0.1, 0.15) is 18.0 Å². The molecule has 2 N–H and O–H groups in total. The summed E-state index contributed by atoms with van der Waals surface area (Å²) in [4.78, 5) is 24.7. The van der Waals surface area contributed by atoms with Gasteiger partial charge in [0.2, 0.25) is 5.91 Å². The van der Waals surface area contributed by atoms with E-state index < -0.39 is 0 Å². The van der Waals surface area contributed by atoms with Crippen molar-refractivity contribution in [1.29, 1.82) is 0 Å². The van der Waals surface area contributed by atoms with Gasteiger partial charge in [0.25, 0.3) is 0 Å². The summed E-state index contributed by atoms with van der Waals surface area (Å²) in [7, 11) is 1.84. The normalized spacial score (nSPS) is 14.4. The van der Waals surface area contributed by atoms with Crippen molar-refractivity contribution in [2.75, 3.05) is 41.9 Å². The van der Waals surface area contributed by atoms with Gasteiger partial charge in [-0.3, -0.25) is 4.79 Å². The monoisotopic (exact) mass is 313 g/mol. The molecule has 0 atom stereocenters. The molecule has 0 spiro atoms. The number of hydrogen-bond donors (Lipinski definition) is 2. The fourth-order valence-corrected chi connectivity index (χ4v) is 2.66. The molecule has 2 heterocycles. The minimum absolute atomic E-state index is 0.00445. The van der Waals surface area contributed by atoms with Crippen LogP contribution >= 0.6 is 0 Å². The van der Waals surface area contributed by atoms with E-state index in [0.29, 0.717) is 18.9 Å². The van der Waals surface area contributed by atoms with Gasteiger partial charge in [-0.1, -0.05) is 18.2 Å². The Balaban J connectivity index is 2.02. The third kappa shape index (κ3) is 3.09. The number of aromatic nitrogens is 2. The van der Waals surface area contributed by atoms with Gasteiger partial charge in [-0.15, -0.1) is 0 Å². The number of aliphatic hydroxyl groups excluding tert-OH is 1. The van der Waals surface area contributed by atoms with Gasteiger partial charge in [0.05, 0.1) is 25.3 Å². The van der Waals surface area contributed by atoms with E-state index in [1.165, 1.54) is 6.33 Å².